The van der Waals surface area contributed by atoms with E-state index in [9.17, 15) is 9.18 Å². The lowest BCUT2D eigenvalue weighted by atomic mass is 10.1. The summed E-state index contributed by atoms with van der Waals surface area (Å²) in [6.07, 6.45) is 2.81. The molecule has 1 atom stereocenters. The van der Waals surface area contributed by atoms with Gasteiger partial charge in [-0.25, -0.2) is 19.2 Å². The van der Waals surface area contributed by atoms with Crippen molar-refractivity contribution in [3.05, 3.63) is 47.7 Å². The van der Waals surface area contributed by atoms with Gasteiger partial charge in [-0.3, -0.25) is 0 Å². The van der Waals surface area contributed by atoms with Gasteiger partial charge in [-0.1, -0.05) is 0 Å². The predicted molar refractivity (Wildman–Crippen MR) is 87.9 cm³/mol. The summed E-state index contributed by atoms with van der Waals surface area (Å²) in [6, 6.07) is 3.47. The zero-order chi connectivity index (χ0) is 17.3. The molecule has 0 spiro atoms. The number of fused-ring (bicyclic) bond motifs is 1. The number of nitrogens with one attached hydrogen (secondary N) is 2. The Morgan fingerprint density at radius 2 is 2.04 bits per heavy atom. The molecule has 0 aliphatic carbocycles. The third kappa shape index (κ3) is 3.12. The minimum absolute atomic E-state index is 0.124. The van der Waals surface area contributed by atoms with Gasteiger partial charge in [0.25, 0.3) is 0 Å². The van der Waals surface area contributed by atoms with E-state index in [0.717, 1.165) is 5.56 Å². The quantitative estimate of drug-likeness (QED) is 0.684. The fourth-order valence-corrected chi connectivity index (χ4v) is 2.46. The largest absolute Gasteiger partial charge is 0.459 e. The van der Waals surface area contributed by atoms with Gasteiger partial charge in [0.15, 0.2) is 0 Å². The summed E-state index contributed by atoms with van der Waals surface area (Å²) < 4.78 is 19.1. The summed E-state index contributed by atoms with van der Waals surface area (Å²) in [5, 5.41) is 6.04. The Kier molecular flexibility index (Phi) is 4.03. The van der Waals surface area contributed by atoms with Crippen LogP contribution < -0.4 is 16.4 Å². The van der Waals surface area contributed by atoms with Crippen LogP contribution in [0, 0.1) is 12.7 Å². The van der Waals surface area contributed by atoms with E-state index in [-0.39, 0.29) is 11.8 Å². The molecule has 0 radical (unpaired) electrons. The standard InChI is InChI=1S/C16H16FN5O2/c1-8-12-5-10(17)3-4-13(12)24-14(8)9(2)21-16(23)22-11-6-19-15(18)20-7-11/h3-7,9H,1-2H3,(H2,18,19,20)(H2,21,22,23). The van der Waals surface area contributed by atoms with E-state index in [1.165, 1.54) is 24.5 Å². The van der Waals surface area contributed by atoms with E-state index >= 15 is 0 Å². The lowest BCUT2D eigenvalue weighted by molar-refractivity contribution is 0.248. The molecule has 2 aromatic heterocycles. The molecule has 1 aromatic carbocycles. The Hall–Kier alpha value is -3.16. The number of nitrogen functional groups attached to an aromatic ring is 1. The summed E-state index contributed by atoms with van der Waals surface area (Å²) in [5.41, 5.74) is 7.16. The number of carbonyl (C=O) groups is 1. The molecule has 0 saturated heterocycles. The highest BCUT2D eigenvalue weighted by molar-refractivity contribution is 5.89. The van der Waals surface area contributed by atoms with Gasteiger partial charge in [0.1, 0.15) is 17.2 Å². The smallest absolute Gasteiger partial charge is 0.319 e. The summed E-state index contributed by atoms with van der Waals surface area (Å²) in [4.78, 5) is 19.6. The van der Waals surface area contributed by atoms with E-state index < -0.39 is 12.1 Å². The maximum atomic E-state index is 13.4. The third-order valence-electron chi connectivity index (χ3n) is 3.61. The SMILES string of the molecule is Cc1c(C(C)NC(=O)Nc2cnc(N)nc2)oc2ccc(F)cc12. The molecular weight excluding hydrogens is 313 g/mol. The zero-order valence-electron chi connectivity index (χ0n) is 13.1. The van der Waals surface area contributed by atoms with E-state index in [1.807, 2.05) is 6.92 Å². The monoisotopic (exact) mass is 329 g/mol. The van der Waals surface area contributed by atoms with Crippen LogP contribution in [0.5, 0.6) is 0 Å². The highest BCUT2D eigenvalue weighted by atomic mass is 19.1. The highest BCUT2D eigenvalue weighted by Crippen LogP contribution is 2.29. The van der Waals surface area contributed by atoms with Crippen molar-refractivity contribution in [1.29, 1.82) is 0 Å². The van der Waals surface area contributed by atoms with Crippen LogP contribution in [-0.2, 0) is 0 Å². The maximum absolute atomic E-state index is 13.4. The molecule has 3 aromatic rings. The van der Waals surface area contributed by atoms with Crippen LogP contribution in [0.2, 0.25) is 0 Å². The number of urea groups is 1. The number of aryl methyl sites for hydroxylation is 1. The summed E-state index contributed by atoms with van der Waals surface area (Å²) in [7, 11) is 0. The Bertz CT molecular complexity index is 891. The Morgan fingerprint density at radius 3 is 2.75 bits per heavy atom. The molecule has 4 N–H and O–H groups in total. The molecule has 0 fully saturated rings. The number of anilines is 2. The third-order valence-corrected chi connectivity index (χ3v) is 3.61. The van der Waals surface area contributed by atoms with Gasteiger partial charge < -0.3 is 20.8 Å². The molecule has 0 saturated carbocycles. The van der Waals surface area contributed by atoms with Crippen molar-refractivity contribution in [1.82, 2.24) is 15.3 Å². The van der Waals surface area contributed by atoms with Gasteiger partial charge in [0.05, 0.1) is 24.1 Å². The molecule has 1 unspecified atom stereocenters. The normalized spacial score (nSPS) is 12.1. The number of halogens is 1. The number of rotatable bonds is 3. The Labute approximate surface area is 137 Å². The number of carbonyl (C=O) groups excluding carboxylic acids is 1. The van der Waals surface area contributed by atoms with Crippen molar-refractivity contribution in [3.63, 3.8) is 0 Å². The molecule has 3 rings (SSSR count). The number of furan rings is 1. The first-order valence-corrected chi connectivity index (χ1v) is 7.27. The minimum Gasteiger partial charge on any atom is -0.459 e. The van der Waals surface area contributed by atoms with Gasteiger partial charge in [0, 0.05) is 10.9 Å². The molecule has 0 aliphatic rings. The van der Waals surface area contributed by atoms with Crippen LogP contribution in [0.15, 0.2) is 35.0 Å². The number of amides is 2. The molecule has 0 bridgehead atoms. The van der Waals surface area contributed by atoms with Crippen molar-refractivity contribution in [3.8, 4) is 0 Å². The van der Waals surface area contributed by atoms with Crippen LogP contribution in [0.3, 0.4) is 0 Å². The first-order valence-electron chi connectivity index (χ1n) is 7.27. The van der Waals surface area contributed by atoms with Crippen molar-refractivity contribution < 1.29 is 13.6 Å². The Morgan fingerprint density at radius 1 is 1.33 bits per heavy atom. The predicted octanol–water partition coefficient (Wildman–Crippen LogP) is 3.14. The zero-order valence-corrected chi connectivity index (χ0v) is 13.1. The second-order valence-electron chi connectivity index (χ2n) is 5.38. The first kappa shape index (κ1) is 15.7. The topological polar surface area (TPSA) is 106 Å². The number of nitrogens with zero attached hydrogens (tertiary/aromatic N) is 2. The number of hydrogen-bond acceptors (Lipinski definition) is 5. The number of hydrogen-bond donors (Lipinski definition) is 3. The fraction of sp³-hybridized carbons (Fsp3) is 0.188. The van der Waals surface area contributed by atoms with E-state index in [1.54, 1.807) is 13.0 Å². The average molecular weight is 329 g/mol. The van der Waals surface area contributed by atoms with Crippen molar-refractivity contribution in [2.24, 2.45) is 0 Å². The van der Waals surface area contributed by atoms with Gasteiger partial charge in [0.2, 0.25) is 5.95 Å². The summed E-state index contributed by atoms with van der Waals surface area (Å²) >= 11 is 0. The average Bonchev–Trinajstić information content (AvgIpc) is 2.86. The Balaban J connectivity index is 1.74. The fourth-order valence-electron chi connectivity index (χ4n) is 2.46. The second-order valence-corrected chi connectivity index (χ2v) is 5.38. The minimum atomic E-state index is -0.443. The van der Waals surface area contributed by atoms with Crippen LogP contribution in [-0.4, -0.2) is 16.0 Å². The van der Waals surface area contributed by atoms with Gasteiger partial charge in [-0.15, -0.1) is 0 Å². The second kappa shape index (κ2) is 6.15. The molecule has 24 heavy (non-hydrogen) atoms. The lowest BCUT2D eigenvalue weighted by Gasteiger charge is -2.13. The van der Waals surface area contributed by atoms with E-state index in [2.05, 4.69) is 20.6 Å². The highest BCUT2D eigenvalue weighted by Gasteiger charge is 2.19. The lowest BCUT2D eigenvalue weighted by Crippen LogP contribution is -2.31. The van der Waals surface area contributed by atoms with Crippen molar-refractivity contribution in [2.75, 3.05) is 11.1 Å². The van der Waals surface area contributed by atoms with Crippen LogP contribution in [0.25, 0.3) is 11.0 Å². The first-order chi connectivity index (χ1) is 11.4. The molecular formula is C16H16FN5O2. The van der Waals surface area contributed by atoms with Crippen LogP contribution >= 0.6 is 0 Å². The molecule has 2 amide bonds. The summed E-state index contributed by atoms with van der Waals surface area (Å²) in [5.74, 6) is 0.360. The maximum Gasteiger partial charge on any atom is 0.319 e. The number of benzene rings is 1. The molecule has 124 valence electrons. The number of nitrogens with two attached hydrogens (primary N) is 1. The van der Waals surface area contributed by atoms with Crippen LogP contribution in [0.4, 0.5) is 20.8 Å². The van der Waals surface area contributed by atoms with Crippen molar-refractivity contribution in [2.45, 2.75) is 19.9 Å². The van der Waals surface area contributed by atoms with Gasteiger partial charge in [-0.05, 0) is 32.0 Å². The van der Waals surface area contributed by atoms with Gasteiger partial charge in [-0.2, -0.15) is 0 Å². The molecule has 0 aliphatic heterocycles. The number of aromatic nitrogens is 2. The van der Waals surface area contributed by atoms with E-state index in [4.69, 9.17) is 10.2 Å². The van der Waals surface area contributed by atoms with E-state index in [0.29, 0.717) is 22.4 Å². The van der Waals surface area contributed by atoms with Gasteiger partial charge >= 0.3 is 6.03 Å². The van der Waals surface area contributed by atoms with Crippen LogP contribution in [0.1, 0.15) is 24.3 Å². The van der Waals surface area contributed by atoms with Crippen molar-refractivity contribution >= 4 is 28.6 Å². The molecule has 7 nitrogen and oxygen atoms in total. The molecule has 8 heteroatoms. The molecule has 2 heterocycles. The summed E-state index contributed by atoms with van der Waals surface area (Å²) in [6.45, 7) is 3.60.